The Hall–Kier alpha value is -1.78. The zero-order valence-electron chi connectivity index (χ0n) is 12.8. The smallest absolute Gasteiger partial charge is 0.220 e. The summed E-state index contributed by atoms with van der Waals surface area (Å²) in [7, 11) is 0. The van der Waals surface area contributed by atoms with Gasteiger partial charge in [0.25, 0.3) is 0 Å². The van der Waals surface area contributed by atoms with Crippen LogP contribution in [0.5, 0.6) is 0 Å². The van der Waals surface area contributed by atoms with Gasteiger partial charge in [-0.3, -0.25) is 9.59 Å². The lowest BCUT2D eigenvalue weighted by Gasteiger charge is -2.37. The Kier molecular flexibility index (Phi) is 5.42. The molecule has 2 atom stereocenters. The van der Waals surface area contributed by atoms with Gasteiger partial charge in [0.2, 0.25) is 11.8 Å². The van der Waals surface area contributed by atoms with Crippen molar-refractivity contribution >= 4 is 11.8 Å². The molecule has 1 aromatic heterocycles. The number of likely N-dealkylation sites (tertiary alicyclic amines) is 1. The Morgan fingerprint density at radius 3 is 2.86 bits per heavy atom. The molecule has 0 unspecified atom stereocenters. The summed E-state index contributed by atoms with van der Waals surface area (Å²) < 4.78 is 5.20. The molecule has 0 radical (unpaired) electrons. The van der Waals surface area contributed by atoms with Gasteiger partial charge in [-0.25, -0.2) is 0 Å². The Labute approximate surface area is 125 Å². The fraction of sp³-hybridized carbons (Fsp3) is 0.625. The van der Waals surface area contributed by atoms with Gasteiger partial charge in [0.15, 0.2) is 0 Å². The second-order valence-electron chi connectivity index (χ2n) is 5.74. The Morgan fingerprint density at radius 1 is 1.43 bits per heavy atom. The summed E-state index contributed by atoms with van der Waals surface area (Å²) in [6.45, 7) is 5.73. The van der Waals surface area contributed by atoms with E-state index in [9.17, 15) is 9.59 Å². The molecule has 0 aliphatic carbocycles. The van der Waals surface area contributed by atoms with Crippen LogP contribution in [0.25, 0.3) is 0 Å². The van der Waals surface area contributed by atoms with E-state index >= 15 is 0 Å². The van der Waals surface area contributed by atoms with E-state index in [0.717, 1.165) is 31.7 Å². The molecule has 1 N–H and O–H groups in total. The topological polar surface area (TPSA) is 62.6 Å². The third kappa shape index (κ3) is 4.34. The molecule has 0 bridgehead atoms. The SMILES string of the molecule is CC[C@H]1CN(C(C)=O)CC[C@H]1CC(=O)NCc1ccco1. The van der Waals surface area contributed by atoms with Crippen molar-refractivity contribution in [3.05, 3.63) is 24.2 Å². The zero-order valence-corrected chi connectivity index (χ0v) is 12.8. The van der Waals surface area contributed by atoms with Crippen molar-refractivity contribution in [1.82, 2.24) is 10.2 Å². The number of hydrogen-bond acceptors (Lipinski definition) is 3. The van der Waals surface area contributed by atoms with Crippen LogP contribution in [-0.2, 0) is 16.1 Å². The fourth-order valence-electron chi connectivity index (χ4n) is 3.01. The van der Waals surface area contributed by atoms with Crippen molar-refractivity contribution in [2.75, 3.05) is 13.1 Å². The summed E-state index contributed by atoms with van der Waals surface area (Å²) in [6, 6.07) is 3.66. The predicted octanol–water partition coefficient (Wildman–Crippen LogP) is 2.18. The van der Waals surface area contributed by atoms with Crippen LogP contribution in [0.3, 0.4) is 0 Å². The van der Waals surface area contributed by atoms with Gasteiger partial charge in [-0.05, 0) is 30.4 Å². The molecule has 5 heteroatoms. The third-order valence-electron chi connectivity index (χ3n) is 4.35. The van der Waals surface area contributed by atoms with E-state index < -0.39 is 0 Å². The molecule has 1 aromatic rings. The highest BCUT2D eigenvalue weighted by Crippen LogP contribution is 2.29. The van der Waals surface area contributed by atoms with Crippen LogP contribution in [0, 0.1) is 11.8 Å². The maximum atomic E-state index is 12.1. The first-order chi connectivity index (χ1) is 10.1. The summed E-state index contributed by atoms with van der Waals surface area (Å²) in [6.07, 6.45) is 4.04. The van der Waals surface area contributed by atoms with Gasteiger partial charge in [-0.2, -0.15) is 0 Å². The monoisotopic (exact) mass is 292 g/mol. The minimum Gasteiger partial charge on any atom is -0.467 e. The maximum absolute atomic E-state index is 12.1. The number of piperidine rings is 1. The average Bonchev–Trinajstić information content (AvgIpc) is 2.98. The number of amides is 2. The minimum absolute atomic E-state index is 0.0612. The van der Waals surface area contributed by atoms with Crippen molar-refractivity contribution < 1.29 is 14.0 Å². The molecule has 1 saturated heterocycles. The molecule has 0 aromatic carbocycles. The second kappa shape index (κ2) is 7.29. The summed E-state index contributed by atoms with van der Waals surface area (Å²) in [5.74, 6) is 1.74. The molecule has 116 valence electrons. The molecule has 21 heavy (non-hydrogen) atoms. The Balaban J connectivity index is 1.81. The normalized spacial score (nSPS) is 22.1. The van der Waals surface area contributed by atoms with Gasteiger partial charge in [0, 0.05) is 26.4 Å². The van der Waals surface area contributed by atoms with Gasteiger partial charge >= 0.3 is 0 Å². The highest BCUT2D eigenvalue weighted by atomic mass is 16.3. The van der Waals surface area contributed by atoms with Crippen molar-refractivity contribution in [1.29, 1.82) is 0 Å². The van der Waals surface area contributed by atoms with Gasteiger partial charge in [0.1, 0.15) is 5.76 Å². The minimum atomic E-state index is 0.0612. The third-order valence-corrected chi connectivity index (χ3v) is 4.35. The lowest BCUT2D eigenvalue weighted by molar-refractivity contribution is -0.132. The summed E-state index contributed by atoms with van der Waals surface area (Å²) in [4.78, 5) is 25.4. The van der Waals surface area contributed by atoms with Gasteiger partial charge in [0.05, 0.1) is 12.8 Å². The van der Waals surface area contributed by atoms with Crippen molar-refractivity contribution in [3.63, 3.8) is 0 Å². The van der Waals surface area contributed by atoms with Gasteiger partial charge < -0.3 is 14.6 Å². The van der Waals surface area contributed by atoms with Crippen LogP contribution in [0.1, 0.15) is 38.9 Å². The Bertz CT molecular complexity index is 470. The van der Waals surface area contributed by atoms with Crippen LogP contribution in [0.2, 0.25) is 0 Å². The summed E-state index contributed by atoms with van der Waals surface area (Å²) in [5.41, 5.74) is 0. The number of rotatable bonds is 5. The van der Waals surface area contributed by atoms with Crippen molar-refractivity contribution in [3.8, 4) is 0 Å². The first-order valence-electron chi connectivity index (χ1n) is 7.64. The van der Waals surface area contributed by atoms with Crippen LogP contribution < -0.4 is 5.32 Å². The van der Waals surface area contributed by atoms with Crippen LogP contribution in [0.15, 0.2) is 22.8 Å². The molecule has 0 spiro atoms. The maximum Gasteiger partial charge on any atom is 0.220 e. The van der Waals surface area contributed by atoms with Crippen LogP contribution in [0.4, 0.5) is 0 Å². The molecule has 2 heterocycles. The molecule has 2 amide bonds. The van der Waals surface area contributed by atoms with E-state index in [1.54, 1.807) is 13.2 Å². The van der Waals surface area contributed by atoms with E-state index in [1.165, 1.54) is 0 Å². The molecule has 0 saturated carbocycles. The molecule has 1 aliphatic heterocycles. The largest absolute Gasteiger partial charge is 0.467 e. The number of carbonyl (C=O) groups is 2. The molecule has 2 rings (SSSR count). The predicted molar refractivity (Wildman–Crippen MR) is 79.3 cm³/mol. The number of hydrogen-bond donors (Lipinski definition) is 1. The number of furan rings is 1. The number of carbonyl (C=O) groups excluding carboxylic acids is 2. The first-order valence-corrected chi connectivity index (χ1v) is 7.64. The van der Waals surface area contributed by atoms with Crippen LogP contribution in [-0.4, -0.2) is 29.8 Å². The fourth-order valence-corrected chi connectivity index (χ4v) is 3.01. The summed E-state index contributed by atoms with van der Waals surface area (Å²) in [5, 5.41) is 2.90. The van der Waals surface area contributed by atoms with E-state index in [0.29, 0.717) is 24.8 Å². The van der Waals surface area contributed by atoms with Gasteiger partial charge in [-0.1, -0.05) is 13.3 Å². The molecule has 1 aliphatic rings. The van der Waals surface area contributed by atoms with Crippen molar-refractivity contribution in [2.24, 2.45) is 11.8 Å². The average molecular weight is 292 g/mol. The van der Waals surface area contributed by atoms with E-state index in [-0.39, 0.29) is 11.8 Å². The number of nitrogens with one attached hydrogen (secondary N) is 1. The quantitative estimate of drug-likeness (QED) is 0.904. The molecule has 1 fully saturated rings. The molecular formula is C16H24N2O3. The van der Waals surface area contributed by atoms with E-state index in [4.69, 9.17) is 4.42 Å². The highest BCUT2D eigenvalue weighted by Gasteiger charge is 2.30. The first kappa shape index (κ1) is 15.6. The molecule has 5 nitrogen and oxygen atoms in total. The Morgan fingerprint density at radius 2 is 2.24 bits per heavy atom. The standard InChI is InChI=1S/C16H24N2O3/c1-3-13-11-18(12(2)19)7-6-14(13)9-16(20)17-10-15-5-4-8-21-15/h4-5,8,13-14H,3,6-7,9-11H2,1-2H3,(H,17,20)/t13-,14-/m0/s1. The van der Waals surface area contributed by atoms with Crippen LogP contribution >= 0.6 is 0 Å². The lowest BCUT2D eigenvalue weighted by atomic mass is 9.81. The van der Waals surface area contributed by atoms with E-state index in [1.807, 2.05) is 17.0 Å². The van der Waals surface area contributed by atoms with Crippen molar-refractivity contribution in [2.45, 2.75) is 39.7 Å². The molecular weight excluding hydrogens is 268 g/mol. The summed E-state index contributed by atoms with van der Waals surface area (Å²) >= 11 is 0. The van der Waals surface area contributed by atoms with Gasteiger partial charge in [-0.15, -0.1) is 0 Å². The highest BCUT2D eigenvalue weighted by molar-refractivity contribution is 5.76. The zero-order chi connectivity index (χ0) is 15.2. The van der Waals surface area contributed by atoms with E-state index in [2.05, 4.69) is 12.2 Å². The number of nitrogens with zero attached hydrogens (tertiary/aromatic N) is 1. The lowest BCUT2D eigenvalue weighted by Crippen LogP contribution is -2.43. The second-order valence-corrected chi connectivity index (χ2v) is 5.74.